The van der Waals surface area contributed by atoms with Crippen molar-refractivity contribution in [3.05, 3.63) is 88.5 Å². The van der Waals surface area contributed by atoms with E-state index in [-0.39, 0.29) is 11.4 Å². The van der Waals surface area contributed by atoms with E-state index in [0.29, 0.717) is 13.1 Å². The lowest BCUT2D eigenvalue weighted by Crippen LogP contribution is -2.53. The largest absolute Gasteiger partial charge is 0.350 e. The summed E-state index contributed by atoms with van der Waals surface area (Å²) < 4.78 is 2.16. The van der Waals surface area contributed by atoms with Crippen molar-refractivity contribution in [1.29, 1.82) is 0 Å². The molecular weight excluding hydrogens is 384 g/mol. The van der Waals surface area contributed by atoms with Crippen molar-refractivity contribution >= 4 is 5.91 Å². The molecule has 1 aliphatic rings. The number of aromatic nitrogens is 2. The van der Waals surface area contributed by atoms with Gasteiger partial charge in [-0.1, -0.05) is 30.3 Å². The van der Waals surface area contributed by atoms with E-state index in [4.69, 9.17) is 0 Å². The molecule has 0 aliphatic carbocycles. The van der Waals surface area contributed by atoms with Gasteiger partial charge < -0.3 is 9.88 Å². The standard InChI is InChI=1S/C26H32N4O/c1-19-15-24(20(2)30(19)17-23-11-7-8-13-27-23)25(31)28-18-26(3,4)29-14-12-21-9-5-6-10-22(21)16-29/h5-11,13,15H,12,14,16-18H2,1-4H3,(H,28,31). The highest BCUT2D eigenvalue weighted by atomic mass is 16.1. The van der Waals surface area contributed by atoms with Gasteiger partial charge in [-0.25, -0.2) is 0 Å². The third kappa shape index (κ3) is 4.57. The Labute approximate surface area is 185 Å². The summed E-state index contributed by atoms with van der Waals surface area (Å²) in [5.74, 6) is -0.00847. The lowest BCUT2D eigenvalue weighted by Gasteiger charge is -2.41. The van der Waals surface area contributed by atoms with Gasteiger partial charge in [0.1, 0.15) is 0 Å². The fraction of sp³-hybridized carbons (Fsp3) is 0.385. The highest BCUT2D eigenvalue weighted by Gasteiger charge is 2.30. The summed E-state index contributed by atoms with van der Waals surface area (Å²) in [4.78, 5) is 19.9. The van der Waals surface area contributed by atoms with Crippen LogP contribution >= 0.6 is 0 Å². The van der Waals surface area contributed by atoms with Gasteiger partial charge in [-0.3, -0.25) is 14.7 Å². The first-order valence-corrected chi connectivity index (χ1v) is 11.0. The summed E-state index contributed by atoms with van der Waals surface area (Å²) in [7, 11) is 0. The Bertz CT molecular complexity index is 1070. The first-order valence-electron chi connectivity index (χ1n) is 11.0. The molecule has 0 bridgehead atoms. The fourth-order valence-electron chi connectivity index (χ4n) is 4.44. The van der Waals surface area contributed by atoms with Crippen LogP contribution in [-0.4, -0.2) is 39.0 Å². The fourth-order valence-corrected chi connectivity index (χ4v) is 4.44. The van der Waals surface area contributed by atoms with Gasteiger partial charge in [-0.2, -0.15) is 0 Å². The van der Waals surface area contributed by atoms with E-state index >= 15 is 0 Å². The number of benzene rings is 1. The molecule has 2 aromatic heterocycles. The number of fused-ring (bicyclic) bond motifs is 1. The number of nitrogens with one attached hydrogen (secondary N) is 1. The summed E-state index contributed by atoms with van der Waals surface area (Å²) in [5, 5.41) is 3.20. The average Bonchev–Trinajstić information content (AvgIpc) is 3.06. The number of hydrogen-bond donors (Lipinski definition) is 1. The number of pyridine rings is 1. The maximum Gasteiger partial charge on any atom is 0.253 e. The van der Waals surface area contributed by atoms with Crippen LogP contribution in [0.4, 0.5) is 0 Å². The summed E-state index contributed by atoms with van der Waals surface area (Å²) >= 11 is 0. The number of hydrogen-bond acceptors (Lipinski definition) is 3. The molecule has 3 heterocycles. The first kappa shape index (κ1) is 21.3. The van der Waals surface area contributed by atoms with Gasteiger partial charge in [-0.05, 0) is 63.4 Å². The molecule has 1 aromatic carbocycles. The lowest BCUT2D eigenvalue weighted by molar-refractivity contribution is 0.0825. The zero-order valence-corrected chi connectivity index (χ0v) is 19.0. The van der Waals surface area contributed by atoms with Gasteiger partial charge in [0.05, 0.1) is 17.8 Å². The number of aryl methyl sites for hydroxylation is 1. The molecule has 5 nitrogen and oxygen atoms in total. The van der Waals surface area contributed by atoms with Crippen LogP contribution in [0.3, 0.4) is 0 Å². The first-order chi connectivity index (χ1) is 14.8. The molecule has 0 saturated carbocycles. The molecule has 0 saturated heterocycles. The summed E-state index contributed by atoms with van der Waals surface area (Å²) in [6.45, 7) is 11.7. The van der Waals surface area contributed by atoms with E-state index in [0.717, 1.165) is 42.2 Å². The van der Waals surface area contributed by atoms with Crippen LogP contribution < -0.4 is 5.32 Å². The quantitative estimate of drug-likeness (QED) is 0.658. The maximum atomic E-state index is 13.1. The Kier molecular flexibility index (Phi) is 5.96. The number of rotatable bonds is 6. The molecule has 0 radical (unpaired) electrons. The zero-order chi connectivity index (χ0) is 22.0. The van der Waals surface area contributed by atoms with Crippen molar-refractivity contribution in [2.75, 3.05) is 13.1 Å². The van der Waals surface area contributed by atoms with Crippen molar-refractivity contribution in [3.8, 4) is 0 Å². The minimum Gasteiger partial charge on any atom is -0.350 e. The summed E-state index contributed by atoms with van der Waals surface area (Å²) in [6, 6.07) is 16.6. The molecule has 1 N–H and O–H groups in total. The van der Waals surface area contributed by atoms with Crippen LogP contribution in [0.5, 0.6) is 0 Å². The van der Waals surface area contributed by atoms with Gasteiger partial charge in [-0.15, -0.1) is 0 Å². The van der Waals surface area contributed by atoms with Gasteiger partial charge in [0.15, 0.2) is 0 Å². The van der Waals surface area contributed by atoms with Crippen molar-refractivity contribution in [3.63, 3.8) is 0 Å². The van der Waals surface area contributed by atoms with E-state index in [1.165, 1.54) is 11.1 Å². The third-order valence-electron chi connectivity index (χ3n) is 6.53. The van der Waals surface area contributed by atoms with Crippen LogP contribution in [0.1, 0.15) is 52.4 Å². The molecule has 0 fully saturated rings. The number of carbonyl (C=O) groups is 1. The van der Waals surface area contributed by atoms with Crippen molar-refractivity contribution in [2.24, 2.45) is 0 Å². The monoisotopic (exact) mass is 416 g/mol. The predicted octanol–water partition coefficient (Wildman–Crippen LogP) is 4.11. The van der Waals surface area contributed by atoms with Gasteiger partial charge >= 0.3 is 0 Å². The zero-order valence-electron chi connectivity index (χ0n) is 19.0. The summed E-state index contributed by atoms with van der Waals surface area (Å²) in [6.07, 6.45) is 2.86. The second-order valence-electron chi connectivity index (χ2n) is 9.13. The molecule has 0 atom stereocenters. The number of carbonyl (C=O) groups excluding carboxylic acids is 1. The Morgan fingerprint density at radius 1 is 1.10 bits per heavy atom. The van der Waals surface area contributed by atoms with E-state index in [9.17, 15) is 4.79 Å². The van der Waals surface area contributed by atoms with Crippen molar-refractivity contribution in [2.45, 2.75) is 52.7 Å². The molecule has 3 aromatic rings. The van der Waals surface area contributed by atoms with Crippen LogP contribution in [0, 0.1) is 13.8 Å². The highest BCUT2D eigenvalue weighted by Crippen LogP contribution is 2.25. The Hall–Kier alpha value is -2.92. The molecule has 162 valence electrons. The normalized spacial score (nSPS) is 14.3. The van der Waals surface area contributed by atoms with Crippen LogP contribution in [0.25, 0.3) is 0 Å². The smallest absolute Gasteiger partial charge is 0.253 e. The second kappa shape index (κ2) is 8.67. The van der Waals surface area contributed by atoms with Crippen molar-refractivity contribution in [1.82, 2.24) is 19.8 Å². The molecule has 31 heavy (non-hydrogen) atoms. The minimum atomic E-state index is -0.122. The van der Waals surface area contributed by atoms with E-state index in [1.807, 2.05) is 38.1 Å². The van der Waals surface area contributed by atoms with Gasteiger partial charge in [0, 0.05) is 42.8 Å². The number of nitrogens with zero attached hydrogens (tertiary/aromatic N) is 3. The van der Waals surface area contributed by atoms with E-state index in [1.54, 1.807) is 6.20 Å². The van der Waals surface area contributed by atoms with E-state index < -0.39 is 0 Å². The topological polar surface area (TPSA) is 50.2 Å². The van der Waals surface area contributed by atoms with Crippen molar-refractivity contribution < 1.29 is 4.79 Å². The van der Waals surface area contributed by atoms with Crippen LogP contribution in [-0.2, 0) is 19.5 Å². The van der Waals surface area contributed by atoms with Gasteiger partial charge in [0.2, 0.25) is 0 Å². The third-order valence-corrected chi connectivity index (χ3v) is 6.53. The molecule has 0 unspecified atom stereocenters. The van der Waals surface area contributed by atoms with Crippen LogP contribution in [0.15, 0.2) is 54.7 Å². The number of amides is 1. The van der Waals surface area contributed by atoms with E-state index in [2.05, 4.69) is 57.9 Å². The molecule has 4 rings (SSSR count). The Balaban J connectivity index is 1.42. The second-order valence-corrected chi connectivity index (χ2v) is 9.13. The predicted molar refractivity (Wildman–Crippen MR) is 124 cm³/mol. The molecular formula is C26H32N4O. The molecule has 5 heteroatoms. The maximum absolute atomic E-state index is 13.1. The van der Waals surface area contributed by atoms with Crippen LogP contribution in [0.2, 0.25) is 0 Å². The minimum absolute atomic E-state index is 0.00847. The average molecular weight is 417 g/mol. The Morgan fingerprint density at radius 3 is 2.58 bits per heavy atom. The molecule has 0 spiro atoms. The molecule has 1 aliphatic heterocycles. The lowest BCUT2D eigenvalue weighted by atomic mass is 9.94. The highest BCUT2D eigenvalue weighted by molar-refractivity contribution is 5.95. The summed E-state index contributed by atoms with van der Waals surface area (Å²) in [5.41, 5.74) is 6.49. The SMILES string of the molecule is Cc1cc(C(=O)NCC(C)(C)N2CCc3ccccc3C2)c(C)n1Cc1ccccn1. The van der Waals surface area contributed by atoms with Gasteiger partial charge in [0.25, 0.3) is 5.91 Å². The Morgan fingerprint density at radius 2 is 1.84 bits per heavy atom. The molecule has 1 amide bonds.